The summed E-state index contributed by atoms with van der Waals surface area (Å²) >= 11 is 0. The lowest BCUT2D eigenvalue weighted by Gasteiger charge is -2.28. The van der Waals surface area contributed by atoms with Crippen LogP contribution in [0.2, 0.25) is 0 Å². The molecule has 1 aromatic heterocycles. The Morgan fingerprint density at radius 3 is 2.69 bits per heavy atom. The van der Waals surface area contributed by atoms with Gasteiger partial charge in [0.05, 0.1) is 19.3 Å². The third kappa shape index (κ3) is 3.56. The van der Waals surface area contributed by atoms with Gasteiger partial charge in [0.2, 0.25) is 11.9 Å². The summed E-state index contributed by atoms with van der Waals surface area (Å²) in [6.45, 7) is 3.36. The number of nitrogens with one attached hydrogen (secondary N) is 1. The minimum absolute atomic E-state index is 0.0455. The van der Waals surface area contributed by atoms with E-state index in [0.717, 1.165) is 11.3 Å². The minimum atomic E-state index is -0.0455. The molecule has 7 nitrogen and oxygen atoms in total. The summed E-state index contributed by atoms with van der Waals surface area (Å²) in [5.41, 5.74) is 2.41. The first-order chi connectivity index (χ1) is 12.5. The van der Waals surface area contributed by atoms with E-state index in [0.29, 0.717) is 49.7 Å². The van der Waals surface area contributed by atoms with Crippen LogP contribution in [-0.4, -0.2) is 34.0 Å². The van der Waals surface area contributed by atoms with E-state index in [-0.39, 0.29) is 11.5 Å². The zero-order valence-electron chi connectivity index (χ0n) is 15.4. The topological polar surface area (TPSA) is 76.5 Å². The maximum Gasteiger partial charge on any atom is 0.258 e. The van der Waals surface area contributed by atoms with E-state index in [2.05, 4.69) is 10.3 Å². The molecule has 0 saturated heterocycles. The lowest BCUT2D eigenvalue weighted by molar-refractivity contribution is -0.131. The molecule has 0 aliphatic carbocycles. The van der Waals surface area contributed by atoms with Gasteiger partial charge in [-0.15, -0.1) is 0 Å². The van der Waals surface area contributed by atoms with E-state index in [9.17, 15) is 9.59 Å². The summed E-state index contributed by atoms with van der Waals surface area (Å²) in [4.78, 5) is 31.0. The number of amides is 1. The van der Waals surface area contributed by atoms with Crippen LogP contribution >= 0.6 is 0 Å². The average Bonchev–Trinajstić information content (AvgIpc) is 2.69. The summed E-state index contributed by atoms with van der Waals surface area (Å²) in [5, 5.41) is 3.22. The minimum Gasteiger partial charge on any atom is -0.497 e. The number of carbonyl (C=O) groups excluding carboxylic acids is 1. The Morgan fingerprint density at radius 1 is 1.31 bits per heavy atom. The van der Waals surface area contributed by atoms with Crippen molar-refractivity contribution in [1.29, 1.82) is 0 Å². The molecule has 0 atom stereocenters. The highest BCUT2D eigenvalue weighted by atomic mass is 16.5. The average molecular weight is 356 g/mol. The SMILES string of the molecule is CCC(=O)N1CCc2c(nc(NCc3ccc(OC)cc3)n(C)c2=O)C1. The number of aromatic nitrogens is 2. The molecule has 1 amide bonds. The molecule has 138 valence electrons. The maximum absolute atomic E-state index is 12.6. The largest absolute Gasteiger partial charge is 0.497 e. The van der Waals surface area contributed by atoms with Gasteiger partial charge in [-0.2, -0.15) is 0 Å². The second-order valence-corrected chi connectivity index (χ2v) is 6.35. The quantitative estimate of drug-likeness (QED) is 0.882. The number of carbonyl (C=O) groups is 1. The van der Waals surface area contributed by atoms with Crippen molar-refractivity contribution in [3.05, 3.63) is 51.4 Å². The number of anilines is 1. The Labute approximate surface area is 152 Å². The summed E-state index contributed by atoms with van der Waals surface area (Å²) < 4.78 is 6.70. The molecule has 3 rings (SSSR count). The van der Waals surface area contributed by atoms with Crippen molar-refractivity contribution in [1.82, 2.24) is 14.5 Å². The molecule has 0 spiro atoms. The summed E-state index contributed by atoms with van der Waals surface area (Å²) in [6, 6.07) is 7.71. The van der Waals surface area contributed by atoms with Crippen LogP contribution in [0.5, 0.6) is 5.75 Å². The van der Waals surface area contributed by atoms with Gasteiger partial charge in [0, 0.05) is 32.1 Å². The van der Waals surface area contributed by atoms with E-state index in [1.807, 2.05) is 31.2 Å². The number of ether oxygens (including phenoxy) is 1. The van der Waals surface area contributed by atoms with Crippen molar-refractivity contribution in [2.45, 2.75) is 32.9 Å². The van der Waals surface area contributed by atoms with Crippen LogP contribution in [0.3, 0.4) is 0 Å². The van der Waals surface area contributed by atoms with Gasteiger partial charge in [-0.3, -0.25) is 14.2 Å². The molecule has 0 unspecified atom stereocenters. The van der Waals surface area contributed by atoms with Crippen LogP contribution in [0, 0.1) is 0 Å². The molecule has 2 heterocycles. The standard InChI is InChI=1S/C19H24N4O3/c1-4-17(24)23-10-9-15-16(12-23)21-19(22(2)18(15)25)20-11-13-5-7-14(26-3)8-6-13/h5-8H,4,9-12H2,1-3H3,(H,20,21). The zero-order chi connectivity index (χ0) is 18.7. The molecule has 1 N–H and O–H groups in total. The smallest absolute Gasteiger partial charge is 0.258 e. The van der Waals surface area contributed by atoms with E-state index in [1.54, 1.807) is 23.6 Å². The number of methoxy groups -OCH3 is 1. The number of hydrogen-bond acceptors (Lipinski definition) is 5. The van der Waals surface area contributed by atoms with Crippen molar-refractivity contribution < 1.29 is 9.53 Å². The van der Waals surface area contributed by atoms with Crippen molar-refractivity contribution >= 4 is 11.9 Å². The first kappa shape index (κ1) is 18.0. The maximum atomic E-state index is 12.6. The van der Waals surface area contributed by atoms with Gasteiger partial charge in [0.15, 0.2) is 0 Å². The fraction of sp³-hybridized carbons (Fsp3) is 0.421. The van der Waals surface area contributed by atoms with Crippen LogP contribution in [-0.2, 0) is 31.4 Å². The van der Waals surface area contributed by atoms with Crippen molar-refractivity contribution in [3.63, 3.8) is 0 Å². The molecule has 0 fully saturated rings. The highest BCUT2D eigenvalue weighted by Crippen LogP contribution is 2.17. The third-order valence-electron chi connectivity index (χ3n) is 4.71. The van der Waals surface area contributed by atoms with Gasteiger partial charge >= 0.3 is 0 Å². The first-order valence-corrected chi connectivity index (χ1v) is 8.76. The number of hydrogen-bond donors (Lipinski definition) is 1. The third-order valence-corrected chi connectivity index (χ3v) is 4.71. The number of fused-ring (bicyclic) bond motifs is 1. The number of benzene rings is 1. The molecule has 2 aromatic rings. The molecule has 1 aliphatic heterocycles. The molecule has 0 bridgehead atoms. The van der Waals surface area contributed by atoms with Crippen molar-refractivity contribution in [2.24, 2.45) is 7.05 Å². The molecule has 0 radical (unpaired) electrons. The fourth-order valence-corrected chi connectivity index (χ4v) is 3.10. The van der Waals surface area contributed by atoms with Gasteiger partial charge in [-0.05, 0) is 24.1 Å². The van der Waals surface area contributed by atoms with Gasteiger partial charge in [0.1, 0.15) is 5.75 Å². The Bertz CT molecular complexity index is 858. The van der Waals surface area contributed by atoms with Crippen LogP contribution < -0.4 is 15.6 Å². The highest BCUT2D eigenvalue weighted by molar-refractivity contribution is 5.76. The van der Waals surface area contributed by atoms with E-state index in [4.69, 9.17) is 4.74 Å². The Morgan fingerprint density at radius 2 is 2.04 bits per heavy atom. The van der Waals surface area contributed by atoms with Gasteiger partial charge in [0.25, 0.3) is 5.56 Å². The molecule has 0 saturated carbocycles. The molecule has 1 aromatic carbocycles. The van der Waals surface area contributed by atoms with E-state index >= 15 is 0 Å². The second-order valence-electron chi connectivity index (χ2n) is 6.35. The monoisotopic (exact) mass is 356 g/mol. The molecule has 26 heavy (non-hydrogen) atoms. The van der Waals surface area contributed by atoms with E-state index < -0.39 is 0 Å². The second kappa shape index (κ2) is 7.59. The highest BCUT2D eigenvalue weighted by Gasteiger charge is 2.24. The predicted molar refractivity (Wildman–Crippen MR) is 99.2 cm³/mol. The zero-order valence-corrected chi connectivity index (χ0v) is 15.4. The predicted octanol–water partition coefficient (Wildman–Crippen LogP) is 1.70. The van der Waals surface area contributed by atoms with Crippen molar-refractivity contribution in [3.8, 4) is 5.75 Å². The Kier molecular flexibility index (Phi) is 5.25. The lowest BCUT2D eigenvalue weighted by Crippen LogP contribution is -2.40. The Hall–Kier alpha value is -2.83. The summed E-state index contributed by atoms with van der Waals surface area (Å²) in [6.07, 6.45) is 1.02. The van der Waals surface area contributed by atoms with Crippen LogP contribution in [0.1, 0.15) is 30.2 Å². The molecule has 1 aliphatic rings. The van der Waals surface area contributed by atoms with Crippen molar-refractivity contribution in [2.75, 3.05) is 19.0 Å². The molecular weight excluding hydrogens is 332 g/mol. The molecular formula is C19H24N4O3. The van der Waals surface area contributed by atoms with Crippen LogP contribution in [0.4, 0.5) is 5.95 Å². The number of rotatable bonds is 5. The first-order valence-electron chi connectivity index (χ1n) is 8.76. The number of nitrogens with zero attached hydrogens (tertiary/aromatic N) is 3. The normalized spacial score (nSPS) is 13.3. The van der Waals surface area contributed by atoms with Crippen LogP contribution in [0.25, 0.3) is 0 Å². The Balaban J connectivity index is 1.80. The molecule has 7 heteroatoms. The van der Waals surface area contributed by atoms with Gasteiger partial charge in [-0.25, -0.2) is 4.98 Å². The summed E-state index contributed by atoms with van der Waals surface area (Å²) in [5.74, 6) is 1.40. The van der Waals surface area contributed by atoms with E-state index in [1.165, 1.54) is 0 Å². The summed E-state index contributed by atoms with van der Waals surface area (Å²) in [7, 11) is 3.35. The van der Waals surface area contributed by atoms with Crippen LogP contribution in [0.15, 0.2) is 29.1 Å². The fourth-order valence-electron chi connectivity index (χ4n) is 3.10. The van der Waals surface area contributed by atoms with Gasteiger partial charge < -0.3 is 15.0 Å². The lowest BCUT2D eigenvalue weighted by atomic mass is 10.1. The van der Waals surface area contributed by atoms with Gasteiger partial charge in [-0.1, -0.05) is 19.1 Å².